The largest absolute Gasteiger partial charge is 0.462 e. The Morgan fingerprint density at radius 3 is 2.13 bits per heavy atom. The number of rotatable bonds is 12. The molecular formula is C28H50O3. The summed E-state index contributed by atoms with van der Waals surface area (Å²) in [5.74, 6) is 2.50. The highest BCUT2D eigenvalue weighted by molar-refractivity contribution is 5.73. The average Bonchev–Trinajstić information content (AvgIpc) is 2.79. The Labute approximate surface area is 192 Å². The highest BCUT2D eigenvalue weighted by Crippen LogP contribution is 2.39. The normalized spacial score (nSPS) is 34.5. The SMILES string of the molecule is CCCCCCCC1CCC(OCC2CCC(C3CCC(CCC)OC3=O)CC2)CC1. The third-order valence-electron chi connectivity index (χ3n) is 8.53. The minimum atomic E-state index is 0.103. The smallest absolute Gasteiger partial charge is 0.309 e. The molecule has 3 fully saturated rings. The molecule has 0 aromatic carbocycles. The first-order chi connectivity index (χ1) is 15.2. The van der Waals surface area contributed by atoms with Crippen LogP contribution >= 0.6 is 0 Å². The fourth-order valence-corrected chi connectivity index (χ4v) is 6.40. The maximum atomic E-state index is 12.5. The predicted octanol–water partition coefficient (Wildman–Crippen LogP) is 7.85. The van der Waals surface area contributed by atoms with Crippen LogP contribution in [0.5, 0.6) is 0 Å². The molecule has 0 aromatic heterocycles. The van der Waals surface area contributed by atoms with Gasteiger partial charge in [0.25, 0.3) is 0 Å². The second-order valence-electron chi connectivity index (χ2n) is 11.0. The molecule has 3 nitrogen and oxygen atoms in total. The lowest BCUT2D eigenvalue weighted by Gasteiger charge is -2.37. The van der Waals surface area contributed by atoms with Crippen LogP contribution < -0.4 is 0 Å². The number of unbranched alkanes of at least 4 members (excludes halogenated alkanes) is 4. The van der Waals surface area contributed by atoms with E-state index in [0.29, 0.717) is 17.9 Å². The van der Waals surface area contributed by atoms with Crippen LogP contribution in [0.15, 0.2) is 0 Å². The van der Waals surface area contributed by atoms with Crippen molar-refractivity contribution in [3.8, 4) is 0 Å². The Kier molecular flexibility index (Phi) is 11.2. The van der Waals surface area contributed by atoms with Crippen molar-refractivity contribution < 1.29 is 14.3 Å². The summed E-state index contributed by atoms with van der Waals surface area (Å²) >= 11 is 0. The zero-order chi connectivity index (χ0) is 21.9. The lowest BCUT2D eigenvalue weighted by atomic mass is 9.73. The lowest BCUT2D eigenvalue weighted by Crippen LogP contribution is -2.37. The van der Waals surface area contributed by atoms with Crippen LogP contribution in [0.3, 0.4) is 0 Å². The molecule has 0 bridgehead atoms. The van der Waals surface area contributed by atoms with Gasteiger partial charge in [-0.2, -0.15) is 0 Å². The molecule has 0 spiro atoms. The van der Waals surface area contributed by atoms with E-state index in [1.807, 2.05) is 0 Å². The Hall–Kier alpha value is -0.570. The van der Waals surface area contributed by atoms with E-state index in [2.05, 4.69) is 13.8 Å². The van der Waals surface area contributed by atoms with Gasteiger partial charge in [-0.25, -0.2) is 0 Å². The second kappa shape index (κ2) is 13.9. The molecule has 3 rings (SSSR count). The Balaban J connectivity index is 1.25. The van der Waals surface area contributed by atoms with Crippen LogP contribution in [0.1, 0.15) is 129 Å². The monoisotopic (exact) mass is 434 g/mol. The first-order valence-corrected chi connectivity index (χ1v) is 14.0. The summed E-state index contributed by atoms with van der Waals surface area (Å²) in [6.07, 6.45) is 23.7. The molecule has 1 aliphatic heterocycles. The Morgan fingerprint density at radius 2 is 1.45 bits per heavy atom. The summed E-state index contributed by atoms with van der Waals surface area (Å²) in [7, 11) is 0. The number of ether oxygens (including phenoxy) is 2. The minimum absolute atomic E-state index is 0.103. The first-order valence-electron chi connectivity index (χ1n) is 14.0. The van der Waals surface area contributed by atoms with Gasteiger partial charge in [0, 0.05) is 6.61 Å². The van der Waals surface area contributed by atoms with E-state index in [0.717, 1.165) is 38.2 Å². The number of carbonyl (C=O) groups excluding carboxylic acids is 1. The van der Waals surface area contributed by atoms with Crippen LogP contribution in [-0.4, -0.2) is 24.8 Å². The van der Waals surface area contributed by atoms with Crippen molar-refractivity contribution in [2.75, 3.05) is 6.61 Å². The summed E-state index contributed by atoms with van der Waals surface area (Å²) in [6, 6.07) is 0. The van der Waals surface area contributed by atoms with Crippen LogP contribution in [0.25, 0.3) is 0 Å². The van der Waals surface area contributed by atoms with Crippen LogP contribution in [-0.2, 0) is 14.3 Å². The van der Waals surface area contributed by atoms with Crippen LogP contribution in [0.4, 0.5) is 0 Å². The van der Waals surface area contributed by atoms with Crippen LogP contribution in [0.2, 0.25) is 0 Å². The highest BCUT2D eigenvalue weighted by atomic mass is 16.5. The van der Waals surface area contributed by atoms with Crippen molar-refractivity contribution in [3.05, 3.63) is 0 Å². The first kappa shape index (κ1) is 25.1. The maximum Gasteiger partial charge on any atom is 0.309 e. The van der Waals surface area contributed by atoms with Gasteiger partial charge in [0.05, 0.1) is 12.0 Å². The summed E-state index contributed by atoms with van der Waals surface area (Å²) < 4.78 is 12.1. The summed E-state index contributed by atoms with van der Waals surface area (Å²) in [5.41, 5.74) is 0. The van der Waals surface area contributed by atoms with E-state index >= 15 is 0 Å². The van der Waals surface area contributed by atoms with Gasteiger partial charge in [-0.3, -0.25) is 4.79 Å². The van der Waals surface area contributed by atoms with Gasteiger partial charge < -0.3 is 9.47 Å². The molecule has 2 unspecified atom stereocenters. The van der Waals surface area contributed by atoms with Crippen molar-refractivity contribution in [2.45, 2.75) is 142 Å². The maximum absolute atomic E-state index is 12.5. The minimum Gasteiger partial charge on any atom is -0.462 e. The van der Waals surface area contributed by atoms with Gasteiger partial charge in [-0.05, 0) is 88.4 Å². The van der Waals surface area contributed by atoms with E-state index in [4.69, 9.17) is 9.47 Å². The Morgan fingerprint density at radius 1 is 0.742 bits per heavy atom. The van der Waals surface area contributed by atoms with Gasteiger partial charge in [-0.15, -0.1) is 0 Å². The second-order valence-corrected chi connectivity index (χ2v) is 11.0. The van der Waals surface area contributed by atoms with Crippen molar-refractivity contribution in [1.29, 1.82) is 0 Å². The molecule has 3 heteroatoms. The third kappa shape index (κ3) is 8.37. The third-order valence-corrected chi connectivity index (χ3v) is 8.53. The summed E-state index contributed by atoms with van der Waals surface area (Å²) in [6.45, 7) is 5.42. The van der Waals surface area contributed by atoms with Gasteiger partial charge in [0.2, 0.25) is 0 Å². The molecule has 0 aromatic rings. The molecule has 0 N–H and O–H groups in total. The molecule has 0 radical (unpaired) electrons. The fraction of sp³-hybridized carbons (Fsp3) is 0.964. The zero-order valence-corrected chi connectivity index (χ0v) is 20.6. The average molecular weight is 435 g/mol. The quantitative estimate of drug-likeness (QED) is 0.232. The van der Waals surface area contributed by atoms with E-state index in [1.165, 1.54) is 89.9 Å². The van der Waals surface area contributed by atoms with E-state index in [9.17, 15) is 4.79 Å². The number of cyclic esters (lactones) is 1. The fourth-order valence-electron chi connectivity index (χ4n) is 6.40. The molecule has 1 heterocycles. The van der Waals surface area contributed by atoms with Gasteiger partial charge in [-0.1, -0.05) is 58.8 Å². The molecular weight excluding hydrogens is 384 g/mol. The standard InChI is InChI=1S/C28H50O3/c1-3-5-6-7-8-10-22-13-17-25(18-14-22)30-21-23-11-15-24(16-12-23)27-20-19-26(9-4-2)31-28(27)29/h22-27H,3-21H2,1-2H3. The molecule has 3 aliphatic rings. The lowest BCUT2D eigenvalue weighted by molar-refractivity contribution is -0.164. The van der Waals surface area contributed by atoms with E-state index < -0.39 is 0 Å². The molecule has 2 aliphatic carbocycles. The predicted molar refractivity (Wildman–Crippen MR) is 128 cm³/mol. The van der Waals surface area contributed by atoms with Crippen molar-refractivity contribution in [1.82, 2.24) is 0 Å². The van der Waals surface area contributed by atoms with Gasteiger partial charge in [0.1, 0.15) is 6.10 Å². The van der Waals surface area contributed by atoms with E-state index in [-0.39, 0.29) is 18.0 Å². The van der Waals surface area contributed by atoms with E-state index in [1.54, 1.807) is 0 Å². The molecule has 180 valence electrons. The van der Waals surface area contributed by atoms with Crippen LogP contribution in [0, 0.1) is 23.7 Å². The molecule has 2 atom stereocenters. The summed E-state index contributed by atoms with van der Waals surface area (Å²) in [4.78, 5) is 12.5. The zero-order valence-electron chi connectivity index (χ0n) is 20.6. The molecule has 0 amide bonds. The van der Waals surface area contributed by atoms with Gasteiger partial charge in [0.15, 0.2) is 0 Å². The van der Waals surface area contributed by atoms with Crippen molar-refractivity contribution >= 4 is 5.97 Å². The molecule has 1 saturated heterocycles. The number of esters is 1. The Bertz CT molecular complexity index is 488. The molecule has 31 heavy (non-hydrogen) atoms. The highest BCUT2D eigenvalue weighted by Gasteiger charge is 2.37. The number of hydrogen-bond acceptors (Lipinski definition) is 3. The molecule has 2 saturated carbocycles. The van der Waals surface area contributed by atoms with Crippen molar-refractivity contribution in [2.24, 2.45) is 23.7 Å². The topological polar surface area (TPSA) is 35.5 Å². The van der Waals surface area contributed by atoms with Crippen molar-refractivity contribution in [3.63, 3.8) is 0 Å². The summed E-state index contributed by atoms with van der Waals surface area (Å²) in [5, 5.41) is 0. The number of carbonyl (C=O) groups is 1. The van der Waals surface area contributed by atoms with Gasteiger partial charge >= 0.3 is 5.97 Å². The number of hydrogen-bond donors (Lipinski definition) is 0.